The van der Waals surface area contributed by atoms with E-state index in [9.17, 15) is 4.79 Å². The second-order valence-electron chi connectivity index (χ2n) is 8.25. The smallest absolute Gasteiger partial charge is 0.315 e. The van der Waals surface area contributed by atoms with Crippen LogP contribution < -0.4 is 10.6 Å². The van der Waals surface area contributed by atoms with Crippen LogP contribution in [0.4, 0.5) is 4.79 Å². The van der Waals surface area contributed by atoms with Crippen molar-refractivity contribution in [3.63, 3.8) is 0 Å². The Morgan fingerprint density at radius 2 is 1.97 bits per heavy atom. The van der Waals surface area contributed by atoms with Gasteiger partial charge >= 0.3 is 6.03 Å². The fraction of sp³-hybridized carbons (Fsp3) is 0.591. The zero-order valence-electron chi connectivity index (χ0n) is 17.1. The molecule has 1 saturated heterocycles. The lowest BCUT2D eigenvalue weighted by atomic mass is 10.1. The van der Waals surface area contributed by atoms with Gasteiger partial charge in [-0.25, -0.2) is 4.79 Å². The van der Waals surface area contributed by atoms with Gasteiger partial charge in [-0.2, -0.15) is 0 Å². The van der Waals surface area contributed by atoms with Crippen LogP contribution >= 0.6 is 0 Å². The molecule has 2 N–H and O–H groups in total. The number of amides is 2. The van der Waals surface area contributed by atoms with E-state index < -0.39 is 0 Å². The van der Waals surface area contributed by atoms with Crippen molar-refractivity contribution in [3.8, 4) is 0 Å². The quantitative estimate of drug-likeness (QED) is 0.753. The number of aryl methyl sites for hydroxylation is 1. The Morgan fingerprint density at radius 3 is 2.86 bits per heavy atom. The van der Waals surface area contributed by atoms with Crippen molar-refractivity contribution in [2.45, 2.75) is 51.6 Å². The van der Waals surface area contributed by atoms with Crippen molar-refractivity contribution in [2.24, 2.45) is 5.92 Å². The second kappa shape index (κ2) is 9.87. The Labute approximate surface area is 172 Å². The molecule has 1 fully saturated rings. The Morgan fingerprint density at radius 1 is 1.07 bits per heavy atom. The molecule has 2 aromatic rings. The summed E-state index contributed by atoms with van der Waals surface area (Å²) in [7, 11) is 0. The molecule has 29 heavy (non-hydrogen) atoms. The molecule has 1 unspecified atom stereocenters. The summed E-state index contributed by atoms with van der Waals surface area (Å²) >= 11 is 0. The first kappa shape index (κ1) is 19.9. The molecular weight excluding hydrogens is 364 g/mol. The van der Waals surface area contributed by atoms with E-state index in [4.69, 9.17) is 0 Å². The van der Waals surface area contributed by atoms with Crippen molar-refractivity contribution in [2.75, 3.05) is 26.2 Å². The molecule has 0 aliphatic carbocycles. The minimum absolute atomic E-state index is 0.112. The van der Waals surface area contributed by atoms with Gasteiger partial charge in [-0.3, -0.25) is 0 Å². The number of carbonyl (C=O) groups is 1. The van der Waals surface area contributed by atoms with Crippen molar-refractivity contribution < 1.29 is 4.79 Å². The topological polar surface area (TPSA) is 75.1 Å². The molecule has 1 aromatic heterocycles. The SMILES string of the molecule is O=C(NCc1nnc2n1CCCCC2)NCC1CCN(CCc2ccccc2)C1. The first-order valence-corrected chi connectivity index (χ1v) is 11.0. The van der Waals surface area contributed by atoms with Gasteiger partial charge in [0.05, 0.1) is 6.54 Å². The van der Waals surface area contributed by atoms with Crippen LogP contribution in [0.25, 0.3) is 0 Å². The molecule has 0 bridgehead atoms. The Kier molecular flexibility index (Phi) is 6.77. The third-order valence-corrected chi connectivity index (χ3v) is 6.07. The van der Waals surface area contributed by atoms with E-state index in [-0.39, 0.29) is 6.03 Å². The molecule has 7 heteroatoms. The van der Waals surface area contributed by atoms with E-state index in [1.165, 1.54) is 18.4 Å². The molecule has 1 aromatic carbocycles. The second-order valence-corrected chi connectivity index (χ2v) is 8.25. The van der Waals surface area contributed by atoms with Gasteiger partial charge in [0.1, 0.15) is 5.82 Å². The third kappa shape index (κ3) is 5.56. The Bertz CT molecular complexity index is 790. The highest BCUT2D eigenvalue weighted by atomic mass is 16.2. The average molecular weight is 397 g/mol. The zero-order chi connectivity index (χ0) is 19.9. The highest BCUT2D eigenvalue weighted by molar-refractivity contribution is 5.73. The van der Waals surface area contributed by atoms with E-state index in [1.54, 1.807) is 0 Å². The molecular formula is C22H32N6O. The number of hydrogen-bond acceptors (Lipinski definition) is 4. The summed E-state index contributed by atoms with van der Waals surface area (Å²) in [6, 6.07) is 10.5. The number of hydrogen-bond donors (Lipinski definition) is 2. The van der Waals surface area contributed by atoms with Crippen LogP contribution in [0.15, 0.2) is 30.3 Å². The maximum atomic E-state index is 12.2. The number of likely N-dealkylation sites (tertiary alicyclic amines) is 1. The lowest BCUT2D eigenvalue weighted by Crippen LogP contribution is -2.39. The molecule has 3 heterocycles. The van der Waals surface area contributed by atoms with Gasteiger partial charge < -0.3 is 20.1 Å². The molecule has 0 radical (unpaired) electrons. The van der Waals surface area contributed by atoms with Crippen molar-refractivity contribution in [1.82, 2.24) is 30.3 Å². The molecule has 0 saturated carbocycles. The van der Waals surface area contributed by atoms with Gasteiger partial charge in [0.25, 0.3) is 0 Å². The number of nitrogens with one attached hydrogen (secondary N) is 2. The summed E-state index contributed by atoms with van der Waals surface area (Å²) in [6.07, 6.45) is 6.79. The van der Waals surface area contributed by atoms with Crippen molar-refractivity contribution in [1.29, 1.82) is 0 Å². The Hall–Kier alpha value is -2.41. The van der Waals surface area contributed by atoms with Gasteiger partial charge in [-0.1, -0.05) is 36.8 Å². The summed E-state index contributed by atoms with van der Waals surface area (Å²) in [5.74, 6) is 2.45. The number of rotatable bonds is 7. The van der Waals surface area contributed by atoms with E-state index >= 15 is 0 Å². The maximum Gasteiger partial charge on any atom is 0.315 e. The molecule has 2 amide bonds. The van der Waals surface area contributed by atoms with Crippen LogP contribution in [0.1, 0.15) is 42.9 Å². The summed E-state index contributed by atoms with van der Waals surface area (Å²) in [5.41, 5.74) is 1.39. The van der Waals surface area contributed by atoms with Crippen LogP contribution in [0, 0.1) is 5.92 Å². The van der Waals surface area contributed by atoms with Gasteiger partial charge in [0.15, 0.2) is 5.82 Å². The van der Waals surface area contributed by atoms with Gasteiger partial charge in [0.2, 0.25) is 0 Å². The highest BCUT2D eigenvalue weighted by Crippen LogP contribution is 2.16. The van der Waals surface area contributed by atoms with E-state index in [1.807, 2.05) is 0 Å². The molecule has 2 aliphatic rings. The van der Waals surface area contributed by atoms with Gasteiger partial charge in [0, 0.05) is 32.6 Å². The zero-order valence-corrected chi connectivity index (χ0v) is 17.1. The largest absolute Gasteiger partial charge is 0.338 e. The van der Waals surface area contributed by atoms with Crippen molar-refractivity contribution >= 4 is 6.03 Å². The van der Waals surface area contributed by atoms with Crippen LogP contribution in [0.3, 0.4) is 0 Å². The fourth-order valence-corrected chi connectivity index (χ4v) is 4.35. The number of benzene rings is 1. The first-order valence-electron chi connectivity index (χ1n) is 11.0. The molecule has 1 atom stereocenters. The predicted octanol–water partition coefficient (Wildman–Crippen LogP) is 2.37. The lowest BCUT2D eigenvalue weighted by molar-refractivity contribution is 0.237. The van der Waals surface area contributed by atoms with Gasteiger partial charge in [-0.05, 0) is 43.7 Å². The van der Waals surface area contributed by atoms with E-state index in [0.717, 1.165) is 70.1 Å². The van der Waals surface area contributed by atoms with E-state index in [2.05, 4.69) is 60.6 Å². The number of carbonyl (C=O) groups excluding carboxylic acids is 1. The lowest BCUT2D eigenvalue weighted by Gasteiger charge is -2.16. The van der Waals surface area contributed by atoms with Crippen LogP contribution in [-0.2, 0) is 25.9 Å². The molecule has 4 rings (SSSR count). The monoisotopic (exact) mass is 396 g/mol. The predicted molar refractivity (Wildman–Crippen MR) is 113 cm³/mol. The number of urea groups is 1. The van der Waals surface area contributed by atoms with Crippen LogP contribution in [0.2, 0.25) is 0 Å². The molecule has 0 spiro atoms. The molecule has 156 valence electrons. The number of fused-ring (bicyclic) bond motifs is 1. The summed E-state index contributed by atoms with van der Waals surface area (Å²) in [6.45, 7) is 5.39. The first-order chi connectivity index (χ1) is 14.3. The maximum absolute atomic E-state index is 12.2. The summed E-state index contributed by atoms with van der Waals surface area (Å²) < 4.78 is 2.18. The minimum atomic E-state index is -0.112. The van der Waals surface area contributed by atoms with Crippen LogP contribution in [0.5, 0.6) is 0 Å². The Balaban J connectivity index is 1.15. The third-order valence-electron chi connectivity index (χ3n) is 6.07. The van der Waals surface area contributed by atoms with Gasteiger partial charge in [-0.15, -0.1) is 10.2 Å². The molecule has 2 aliphatic heterocycles. The average Bonchev–Trinajstić information content (AvgIpc) is 3.30. The number of aromatic nitrogens is 3. The normalized spacial score (nSPS) is 19.5. The molecule has 7 nitrogen and oxygen atoms in total. The summed E-state index contributed by atoms with van der Waals surface area (Å²) in [4.78, 5) is 14.7. The summed E-state index contributed by atoms with van der Waals surface area (Å²) in [5, 5.41) is 14.5. The highest BCUT2D eigenvalue weighted by Gasteiger charge is 2.22. The van der Waals surface area contributed by atoms with E-state index in [0.29, 0.717) is 12.5 Å². The van der Waals surface area contributed by atoms with Crippen LogP contribution in [-0.4, -0.2) is 51.9 Å². The fourth-order valence-electron chi connectivity index (χ4n) is 4.35. The number of nitrogens with zero attached hydrogens (tertiary/aromatic N) is 4. The standard InChI is InChI=1S/C22H32N6O/c29-22(24-16-21-26-25-20-9-5-2-6-12-28(20)21)23-15-19-11-14-27(17-19)13-10-18-7-3-1-4-8-18/h1,3-4,7-8,19H,2,5-6,9-17H2,(H2,23,24,29). The minimum Gasteiger partial charge on any atom is -0.338 e. The van der Waals surface area contributed by atoms with Crippen molar-refractivity contribution in [3.05, 3.63) is 47.5 Å².